The molecular formula is C24H26F3N3O3S. The summed E-state index contributed by atoms with van der Waals surface area (Å²) in [7, 11) is -3.80. The zero-order chi connectivity index (χ0) is 24.8. The molecule has 1 atom stereocenters. The summed E-state index contributed by atoms with van der Waals surface area (Å²) < 4.78 is 70.5. The fourth-order valence-corrected chi connectivity index (χ4v) is 4.98. The molecule has 0 radical (unpaired) electrons. The summed E-state index contributed by atoms with van der Waals surface area (Å²) in [6, 6.07) is 15.9. The van der Waals surface area contributed by atoms with Crippen LogP contribution in [0.1, 0.15) is 55.4 Å². The second-order valence-electron chi connectivity index (χ2n) is 7.89. The molecule has 0 aliphatic carbocycles. The maximum atomic E-state index is 13.5. The highest BCUT2D eigenvalue weighted by atomic mass is 32.2. The molecule has 0 aliphatic rings. The van der Waals surface area contributed by atoms with Crippen LogP contribution in [-0.2, 0) is 16.2 Å². The standard InChI is InChI=1S/C24H26F3N3O3S/c1-3-4-15-30(17-18(2)20-10-6-5-7-11-20)34(31,32)21-12-8-9-19(16-21)13-14-22-28-23(33-29-22)24(25,26)27/h5-14,16,18H,3-4,15,17H2,1-2H3. The highest BCUT2D eigenvalue weighted by molar-refractivity contribution is 7.89. The van der Waals surface area contributed by atoms with Crippen LogP contribution in [0.5, 0.6) is 0 Å². The molecule has 1 aromatic heterocycles. The monoisotopic (exact) mass is 493 g/mol. The summed E-state index contributed by atoms with van der Waals surface area (Å²) in [5.74, 6) is -1.71. The molecule has 3 aromatic rings. The van der Waals surface area contributed by atoms with Gasteiger partial charge in [-0.1, -0.05) is 74.0 Å². The summed E-state index contributed by atoms with van der Waals surface area (Å²) in [5, 5.41) is 3.27. The van der Waals surface area contributed by atoms with Gasteiger partial charge in [-0.3, -0.25) is 0 Å². The Hall–Kier alpha value is -2.98. The summed E-state index contributed by atoms with van der Waals surface area (Å²) in [6.45, 7) is 4.71. The van der Waals surface area contributed by atoms with Gasteiger partial charge < -0.3 is 4.52 Å². The van der Waals surface area contributed by atoms with Crippen molar-refractivity contribution in [3.8, 4) is 0 Å². The molecule has 0 amide bonds. The zero-order valence-corrected chi connectivity index (χ0v) is 19.7. The molecule has 3 rings (SSSR count). The van der Waals surface area contributed by atoms with Gasteiger partial charge in [0.05, 0.1) is 4.90 Å². The lowest BCUT2D eigenvalue weighted by molar-refractivity contribution is -0.159. The number of aromatic nitrogens is 2. The fourth-order valence-electron chi connectivity index (χ4n) is 3.35. The van der Waals surface area contributed by atoms with Gasteiger partial charge in [0.15, 0.2) is 5.82 Å². The number of nitrogens with zero attached hydrogens (tertiary/aromatic N) is 3. The molecule has 6 nitrogen and oxygen atoms in total. The number of rotatable bonds is 10. The topological polar surface area (TPSA) is 76.3 Å². The molecule has 0 fully saturated rings. The molecule has 34 heavy (non-hydrogen) atoms. The van der Waals surface area contributed by atoms with E-state index in [-0.39, 0.29) is 16.6 Å². The minimum absolute atomic E-state index is 0.00280. The molecule has 1 unspecified atom stereocenters. The van der Waals surface area contributed by atoms with E-state index in [9.17, 15) is 21.6 Å². The lowest BCUT2D eigenvalue weighted by Gasteiger charge is -2.25. The third-order valence-corrected chi connectivity index (χ3v) is 7.07. The van der Waals surface area contributed by atoms with Gasteiger partial charge in [-0.25, -0.2) is 8.42 Å². The number of halogens is 3. The number of unbranched alkanes of at least 4 members (excludes halogenated alkanes) is 1. The minimum Gasteiger partial charge on any atom is -0.329 e. The number of sulfonamides is 1. The van der Waals surface area contributed by atoms with Gasteiger partial charge in [0, 0.05) is 13.1 Å². The molecule has 0 saturated carbocycles. The van der Waals surface area contributed by atoms with Crippen LogP contribution in [0.4, 0.5) is 13.2 Å². The van der Waals surface area contributed by atoms with Gasteiger partial charge in [-0.05, 0) is 41.7 Å². The number of hydrogen-bond acceptors (Lipinski definition) is 5. The van der Waals surface area contributed by atoms with E-state index < -0.39 is 22.1 Å². The van der Waals surface area contributed by atoms with Gasteiger partial charge in [0.1, 0.15) is 0 Å². The van der Waals surface area contributed by atoms with E-state index in [2.05, 4.69) is 14.7 Å². The Morgan fingerprint density at radius 3 is 2.47 bits per heavy atom. The van der Waals surface area contributed by atoms with Gasteiger partial charge in [-0.2, -0.15) is 22.5 Å². The number of benzene rings is 2. The fraction of sp³-hybridized carbons (Fsp3) is 0.333. The smallest absolute Gasteiger partial charge is 0.329 e. The van der Waals surface area contributed by atoms with Crippen LogP contribution in [0, 0.1) is 0 Å². The average molecular weight is 494 g/mol. The van der Waals surface area contributed by atoms with Crippen molar-refractivity contribution in [2.45, 2.75) is 43.7 Å². The predicted octanol–water partition coefficient (Wildman–Crippen LogP) is 5.85. The third-order valence-electron chi connectivity index (χ3n) is 5.21. The van der Waals surface area contributed by atoms with Crippen LogP contribution in [0.2, 0.25) is 0 Å². The first-order chi connectivity index (χ1) is 16.1. The molecule has 1 heterocycles. The van der Waals surface area contributed by atoms with Gasteiger partial charge in [0.2, 0.25) is 10.0 Å². The largest absolute Gasteiger partial charge is 0.471 e. The van der Waals surface area contributed by atoms with Crippen LogP contribution in [0.25, 0.3) is 12.2 Å². The SMILES string of the molecule is CCCCN(CC(C)c1ccccc1)S(=O)(=O)c1cccc(C=Cc2noc(C(F)(F)F)n2)c1. The lowest BCUT2D eigenvalue weighted by atomic mass is 10.0. The molecule has 0 bridgehead atoms. The van der Waals surface area contributed by atoms with Gasteiger partial charge in [-0.15, -0.1) is 0 Å². The Labute approximate surface area is 197 Å². The second kappa shape index (κ2) is 11.0. The third kappa shape index (κ3) is 6.54. The van der Waals surface area contributed by atoms with Crippen molar-refractivity contribution in [2.75, 3.05) is 13.1 Å². The highest BCUT2D eigenvalue weighted by Gasteiger charge is 2.38. The molecular weight excluding hydrogens is 467 g/mol. The first kappa shape index (κ1) is 25.6. The van der Waals surface area contributed by atoms with Crippen molar-refractivity contribution < 1.29 is 26.1 Å². The van der Waals surface area contributed by atoms with Crippen LogP contribution in [0.15, 0.2) is 64.0 Å². The predicted molar refractivity (Wildman–Crippen MR) is 123 cm³/mol. The maximum absolute atomic E-state index is 13.5. The van der Waals surface area contributed by atoms with E-state index >= 15 is 0 Å². The molecule has 0 saturated heterocycles. The second-order valence-corrected chi connectivity index (χ2v) is 9.83. The molecule has 182 valence electrons. The Morgan fingerprint density at radius 2 is 1.82 bits per heavy atom. The maximum Gasteiger partial charge on any atom is 0.471 e. The van der Waals surface area contributed by atoms with Crippen molar-refractivity contribution in [1.82, 2.24) is 14.4 Å². The van der Waals surface area contributed by atoms with E-state index in [0.29, 0.717) is 18.7 Å². The van der Waals surface area contributed by atoms with E-state index in [1.165, 1.54) is 28.6 Å². The first-order valence-corrected chi connectivity index (χ1v) is 12.3. The van der Waals surface area contributed by atoms with E-state index in [4.69, 9.17) is 0 Å². The summed E-state index contributed by atoms with van der Waals surface area (Å²) in [6.07, 6.45) is -0.492. The Morgan fingerprint density at radius 1 is 1.09 bits per heavy atom. The van der Waals surface area contributed by atoms with Crippen LogP contribution >= 0.6 is 0 Å². The molecule has 0 aliphatic heterocycles. The zero-order valence-electron chi connectivity index (χ0n) is 18.9. The first-order valence-electron chi connectivity index (χ1n) is 10.9. The van der Waals surface area contributed by atoms with E-state index in [1.807, 2.05) is 44.2 Å². The summed E-state index contributed by atoms with van der Waals surface area (Å²) in [4.78, 5) is 3.38. The van der Waals surface area contributed by atoms with Crippen LogP contribution in [0.3, 0.4) is 0 Å². The normalized spacial score (nSPS) is 13.6. The Balaban J connectivity index is 1.83. The van der Waals surface area contributed by atoms with Crippen molar-refractivity contribution >= 4 is 22.2 Å². The quantitative estimate of drug-likeness (QED) is 0.354. The Bertz CT molecular complexity index is 1210. The lowest BCUT2D eigenvalue weighted by Crippen LogP contribution is -2.35. The Kier molecular flexibility index (Phi) is 8.27. The minimum atomic E-state index is -4.73. The van der Waals surface area contributed by atoms with Crippen LogP contribution in [-0.4, -0.2) is 36.0 Å². The molecule has 0 N–H and O–H groups in total. The van der Waals surface area contributed by atoms with Crippen molar-refractivity contribution in [3.63, 3.8) is 0 Å². The van der Waals surface area contributed by atoms with E-state index in [0.717, 1.165) is 18.4 Å². The van der Waals surface area contributed by atoms with Crippen molar-refractivity contribution in [3.05, 3.63) is 77.4 Å². The van der Waals surface area contributed by atoms with Gasteiger partial charge in [0.25, 0.3) is 0 Å². The van der Waals surface area contributed by atoms with Crippen LogP contribution < -0.4 is 0 Å². The van der Waals surface area contributed by atoms with Crippen molar-refractivity contribution in [2.24, 2.45) is 0 Å². The number of hydrogen-bond donors (Lipinski definition) is 0. The average Bonchev–Trinajstić information content (AvgIpc) is 3.31. The summed E-state index contributed by atoms with van der Waals surface area (Å²) in [5.41, 5.74) is 1.53. The molecule has 0 spiro atoms. The highest BCUT2D eigenvalue weighted by Crippen LogP contribution is 2.28. The van der Waals surface area contributed by atoms with Gasteiger partial charge >= 0.3 is 12.1 Å². The number of alkyl halides is 3. The molecule has 10 heteroatoms. The molecule has 2 aromatic carbocycles. The van der Waals surface area contributed by atoms with E-state index in [1.54, 1.807) is 12.1 Å². The summed E-state index contributed by atoms with van der Waals surface area (Å²) >= 11 is 0. The van der Waals surface area contributed by atoms with Crippen molar-refractivity contribution in [1.29, 1.82) is 0 Å².